The maximum Gasteiger partial charge on any atom is 0.278 e. The Morgan fingerprint density at radius 2 is 2.36 bits per heavy atom. The number of rotatable bonds is 1. The lowest BCUT2D eigenvalue weighted by molar-refractivity contribution is -0.385. The van der Waals surface area contributed by atoms with Gasteiger partial charge in [-0.3, -0.25) is 10.1 Å². The van der Waals surface area contributed by atoms with Gasteiger partial charge >= 0.3 is 0 Å². The monoisotopic (exact) mass is 198 g/mol. The van der Waals surface area contributed by atoms with Gasteiger partial charge in [-0.25, -0.2) is 4.39 Å². The number of halogens is 1. The van der Waals surface area contributed by atoms with Crippen LogP contribution in [0.1, 0.15) is 11.6 Å². The number of nitrogens with zero attached hydrogens (tertiary/aromatic N) is 1. The van der Waals surface area contributed by atoms with Crippen molar-refractivity contribution in [2.75, 3.05) is 6.61 Å². The second-order valence-electron chi connectivity index (χ2n) is 2.98. The Kier molecular flexibility index (Phi) is 1.85. The number of hydrogen-bond donors (Lipinski definition) is 1. The quantitative estimate of drug-likeness (QED) is 0.541. The Hall–Kier alpha value is -1.69. The molecule has 0 spiro atoms. The number of nitro groups is 1. The van der Waals surface area contributed by atoms with Crippen LogP contribution >= 0.6 is 0 Å². The van der Waals surface area contributed by atoms with Crippen molar-refractivity contribution in [2.24, 2.45) is 5.73 Å². The Labute approximate surface area is 78.4 Å². The number of fused-ring (bicyclic) bond motifs is 1. The van der Waals surface area contributed by atoms with Crippen LogP contribution in [0.5, 0.6) is 5.75 Å². The standard InChI is InChI=1S/C8H7FN2O3/c9-4-1-2-6(11(12)13)7-5(10)3-14-8(4)7/h1-2,5H,3,10H2/t5-/m0/s1. The number of hydrogen-bond acceptors (Lipinski definition) is 4. The molecule has 0 bridgehead atoms. The lowest BCUT2D eigenvalue weighted by Crippen LogP contribution is -2.12. The minimum atomic E-state index is -0.624. The molecule has 1 atom stereocenters. The van der Waals surface area contributed by atoms with E-state index in [0.29, 0.717) is 0 Å². The minimum Gasteiger partial charge on any atom is -0.488 e. The van der Waals surface area contributed by atoms with Gasteiger partial charge in [0.25, 0.3) is 5.69 Å². The largest absolute Gasteiger partial charge is 0.488 e. The average Bonchev–Trinajstić information content (AvgIpc) is 2.50. The fourth-order valence-electron chi connectivity index (χ4n) is 1.48. The van der Waals surface area contributed by atoms with E-state index in [9.17, 15) is 14.5 Å². The summed E-state index contributed by atoms with van der Waals surface area (Å²) in [5.74, 6) is -0.703. The van der Waals surface area contributed by atoms with Crippen LogP contribution in [-0.4, -0.2) is 11.5 Å². The molecular weight excluding hydrogens is 191 g/mol. The van der Waals surface area contributed by atoms with Crippen LogP contribution in [0.4, 0.5) is 10.1 Å². The van der Waals surface area contributed by atoms with Crippen LogP contribution in [0, 0.1) is 15.9 Å². The molecule has 1 aromatic carbocycles. The van der Waals surface area contributed by atoms with Crippen LogP contribution in [0.3, 0.4) is 0 Å². The third kappa shape index (κ3) is 1.12. The molecule has 0 saturated carbocycles. The molecule has 0 aliphatic carbocycles. The first-order chi connectivity index (χ1) is 6.61. The first kappa shape index (κ1) is 8.89. The zero-order chi connectivity index (χ0) is 10.3. The van der Waals surface area contributed by atoms with Crippen molar-refractivity contribution >= 4 is 5.69 Å². The third-order valence-electron chi connectivity index (χ3n) is 2.10. The molecule has 2 rings (SSSR count). The average molecular weight is 198 g/mol. The van der Waals surface area contributed by atoms with Crippen molar-refractivity contribution in [3.8, 4) is 5.75 Å². The first-order valence-electron chi connectivity index (χ1n) is 3.96. The maximum absolute atomic E-state index is 13.1. The summed E-state index contributed by atoms with van der Waals surface area (Å²) in [4.78, 5) is 10.00. The molecule has 0 radical (unpaired) electrons. The van der Waals surface area contributed by atoms with Gasteiger partial charge in [-0.15, -0.1) is 0 Å². The summed E-state index contributed by atoms with van der Waals surface area (Å²) in [5, 5.41) is 10.6. The van der Waals surface area contributed by atoms with E-state index in [1.807, 2.05) is 0 Å². The summed E-state index contributed by atoms with van der Waals surface area (Å²) in [6, 6.07) is 1.48. The van der Waals surface area contributed by atoms with Crippen LogP contribution in [-0.2, 0) is 0 Å². The molecule has 1 heterocycles. The summed E-state index contributed by atoms with van der Waals surface area (Å²) in [5.41, 5.74) is 5.52. The maximum atomic E-state index is 13.1. The zero-order valence-electron chi connectivity index (χ0n) is 7.07. The van der Waals surface area contributed by atoms with Gasteiger partial charge in [-0.2, -0.15) is 0 Å². The van der Waals surface area contributed by atoms with Crippen molar-refractivity contribution in [3.63, 3.8) is 0 Å². The SMILES string of the molecule is N[C@H]1COc2c(F)ccc([N+](=O)[O-])c21. The van der Waals surface area contributed by atoms with Gasteiger partial charge in [0.05, 0.1) is 16.5 Å². The molecular formula is C8H7FN2O3. The molecule has 5 nitrogen and oxygen atoms in total. The van der Waals surface area contributed by atoms with Crippen molar-refractivity contribution in [2.45, 2.75) is 6.04 Å². The Balaban J connectivity index is 2.66. The summed E-state index contributed by atoms with van der Waals surface area (Å²) < 4.78 is 18.0. The third-order valence-corrected chi connectivity index (χ3v) is 2.10. The Morgan fingerprint density at radius 3 is 3.00 bits per heavy atom. The smallest absolute Gasteiger partial charge is 0.278 e. The van der Waals surface area contributed by atoms with Crippen molar-refractivity contribution < 1.29 is 14.1 Å². The molecule has 1 aliphatic rings. The van der Waals surface area contributed by atoms with E-state index >= 15 is 0 Å². The van der Waals surface area contributed by atoms with E-state index in [1.54, 1.807) is 0 Å². The topological polar surface area (TPSA) is 78.4 Å². The fraction of sp³-hybridized carbons (Fsp3) is 0.250. The highest BCUT2D eigenvalue weighted by Gasteiger charge is 2.32. The van der Waals surface area contributed by atoms with E-state index in [0.717, 1.165) is 12.1 Å². The van der Waals surface area contributed by atoms with Crippen LogP contribution in [0.25, 0.3) is 0 Å². The minimum absolute atomic E-state index is 0.0805. The zero-order valence-corrected chi connectivity index (χ0v) is 7.07. The molecule has 0 aromatic heterocycles. The number of nitrogens with two attached hydrogens (primary N) is 1. The molecule has 1 aliphatic heterocycles. The van der Waals surface area contributed by atoms with E-state index in [1.165, 1.54) is 0 Å². The normalized spacial score (nSPS) is 18.9. The van der Waals surface area contributed by atoms with E-state index in [-0.39, 0.29) is 23.6 Å². The van der Waals surface area contributed by atoms with E-state index < -0.39 is 16.8 Å². The lowest BCUT2D eigenvalue weighted by atomic mass is 10.1. The molecule has 74 valence electrons. The van der Waals surface area contributed by atoms with Gasteiger partial charge in [-0.1, -0.05) is 0 Å². The molecule has 0 unspecified atom stereocenters. The van der Waals surface area contributed by atoms with Gasteiger partial charge in [-0.05, 0) is 6.07 Å². The van der Waals surface area contributed by atoms with Crippen LogP contribution in [0.2, 0.25) is 0 Å². The molecule has 0 amide bonds. The van der Waals surface area contributed by atoms with Crippen molar-refractivity contribution in [1.29, 1.82) is 0 Å². The van der Waals surface area contributed by atoms with Crippen LogP contribution in [0.15, 0.2) is 12.1 Å². The van der Waals surface area contributed by atoms with Gasteiger partial charge in [0.1, 0.15) is 6.61 Å². The lowest BCUT2D eigenvalue weighted by Gasteiger charge is -2.02. The van der Waals surface area contributed by atoms with Gasteiger partial charge in [0.15, 0.2) is 11.6 Å². The first-order valence-corrected chi connectivity index (χ1v) is 3.96. The highest BCUT2D eigenvalue weighted by Crippen LogP contribution is 2.39. The molecule has 2 N–H and O–H groups in total. The van der Waals surface area contributed by atoms with Crippen molar-refractivity contribution in [1.82, 2.24) is 0 Å². The molecule has 1 aromatic rings. The highest BCUT2D eigenvalue weighted by atomic mass is 19.1. The second-order valence-corrected chi connectivity index (χ2v) is 2.98. The fourth-order valence-corrected chi connectivity index (χ4v) is 1.48. The van der Waals surface area contributed by atoms with E-state index in [2.05, 4.69) is 0 Å². The molecule has 0 fully saturated rings. The molecule has 14 heavy (non-hydrogen) atoms. The predicted octanol–water partition coefficient (Wildman–Crippen LogP) is 1.13. The van der Waals surface area contributed by atoms with Gasteiger partial charge < -0.3 is 10.5 Å². The number of ether oxygens (including phenoxy) is 1. The van der Waals surface area contributed by atoms with Crippen molar-refractivity contribution in [3.05, 3.63) is 33.6 Å². The van der Waals surface area contributed by atoms with Crippen LogP contribution < -0.4 is 10.5 Å². The van der Waals surface area contributed by atoms with E-state index in [4.69, 9.17) is 10.5 Å². The summed E-state index contributed by atoms with van der Waals surface area (Å²) in [7, 11) is 0. The summed E-state index contributed by atoms with van der Waals surface area (Å²) in [6.07, 6.45) is 0. The van der Waals surface area contributed by atoms with Gasteiger partial charge in [0, 0.05) is 6.07 Å². The molecule has 0 saturated heterocycles. The Morgan fingerprint density at radius 1 is 1.64 bits per heavy atom. The predicted molar refractivity (Wildman–Crippen MR) is 45.5 cm³/mol. The van der Waals surface area contributed by atoms with Gasteiger partial charge in [0.2, 0.25) is 0 Å². The summed E-state index contributed by atoms with van der Waals surface area (Å²) >= 11 is 0. The highest BCUT2D eigenvalue weighted by molar-refractivity contribution is 5.54. The Bertz CT molecular complexity index is 408. The molecule has 6 heteroatoms. The second kappa shape index (κ2) is 2.91. The number of nitro benzene ring substituents is 1. The number of benzene rings is 1. The summed E-state index contributed by atoms with van der Waals surface area (Å²) in [6.45, 7) is 0.0805.